The number of rotatable bonds is 3. The molecule has 86 valence electrons. The standard InChI is InChI=1S/C10H14N4O2/c15-9(16)5-14-10(11-12-13-14)8-4-6-1-2-7(8)3-6/h6-8H,1-5H2,(H,15,16). The summed E-state index contributed by atoms with van der Waals surface area (Å²) in [6.45, 7) is -0.129. The van der Waals surface area contributed by atoms with Crippen molar-refractivity contribution in [2.45, 2.75) is 38.1 Å². The van der Waals surface area contributed by atoms with Crippen molar-refractivity contribution >= 4 is 5.97 Å². The molecule has 2 aliphatic rings. The molecule has 0 saturated heterocycles. The lowest BCUT2D eigenvalue weighted by atomic mass is 9.88. The molecule has 0 radical (unpaired) electrons. The molecular formula is C10H14N4O2. The first-order valence-corrected chi connectivity index (χ1v) is 5.72. The average molecular weight is 222 g/mol. The summed E-state index contributed by atoms with van der Waals surface area (Å²) in [6.07, 6.45) is 4.96. The molecule has 0 aromatic carbocycles. The van der Waals surface area contributed by atoms with Crippen molar-refractivity contribution in [1.29, 1.82) is 0 Å². The van der Waals surface area contributed by atoms with Gasteiger partial charge in [-0.1, -0.05) is 6.42 Å². The molecular weight excluding hydrogens is 208 g/mol. The highest BCUT2D eigenvalue weighted by Crippen LogP contribution is 2.52. The van der Waals surface area contributed by atoms with Gasteiger partial charge in [0.05, 0.1) is 0 Å². The Morgan fingerprint density at radius 3 is 2.94 bits per heavy atom. The number of tetrazole rings is 1. The van der Waals surface area contributed by atoms with Crippen molar-refractivity contribution in [1.82, 2.24) is 20.2 Å². The first-order valence-electron chi connectivity index (χ1n) is 5.72. The predicted molar refractivity (Wildman–Crippen MR) is 53.6 cm³/mol. The normalized spacial score (nSPS) is 32.1. The first-order chi connectivity index (χ1) is 7.74. The molecule has 0 aliphatic heterocycles. The maximum absolute atomic E-state index is 10.7. The summed E-state index contributed by atoms with van der Waals surface area (Å²) in [5.74, 6) is 1.74. The molecule has 2 bridgehead atoms. The Balaban J connectivity index is 1.84. The molecule has 1 N–H and O–H groups in total. The van der Waals surface area contributed by atoms with Crippen LogP contribution in [0.4, 0.5) is 0 Å². The molecule has 1 heterocycles. The number of carboxylic acids is 1. The SMILES string of the molecule is O=C(O)Cn1nnnc1C1CC2CCC1C2. The van der Waals surface area contributed by atoms with Crippen molar-refractivity contribution < 1.29 is 9.90 Å². The maximum atomic E-state index is 10.7. The summed E-state index contributed by atoms with van der Waals surface area (Å²) < 4.78 is 1.44. The van der Waals surface area contributed by atoms with E-state index in [1.165, 1.54) is 23.9 Å². The number of fused-ring (bicyclic) bond motifs is 2. The van der Waals surface area contributed by atoms with Gasteiger partial charge in [0.25, 0.3) is 0 Å². The van der Waals surface area contributed by atoms with Crippen LogP contribution in [0.1, 0.15) is 37.4 Å². The topological polar surface area (TPSA) is 80.9 Å². The van der Waals surface area contributed by atoms with Crippen LogP contribution < -0.4 is 0 Å². The van der Waals surface area contributed by atoms with Gasteiger partial charge in [0.2, 0.25) is 0 Å². The average Bonchev–Trinajstić information content (AvgIpc) is 2.89. The fourth-order valence-corrected chi connectivity index (χ4v) is 3.28. The summed E-state index contributed by atoms with van der Waals surface area (Å²) >= 11 is 0. The van der Waals surface area contributed by atoms with Gasteiger partial charge in [0.1, 0.15) is 6.54 Å². The Morgan fingerprint density at radius 2 is 2.31 bits per heavy atom. The van der Waals surface area contributed by atoms with Crippen molar-refractivity contribution in [3.8, 4) is 0 Å². The molecule has 0 amide bonds. The van der Waals surface area contributed by atoms with Gasteiger partial charge in [-0.3, -0.25) is 4.79 Å². The number of hydrogen-bond donors (Lipinski definition) is 1. The van der Waals surface area contributed by atoms with E-state index in [0.29, 0.717) is 11.8 Å². The highest BCUT2D eigenvalue weighted by molar-refractivity contribution is 5.66. The van der Waals surface area contributed by atoms with Crippen LogP contribution in [0.2, 0.25) is 0 Å². The number of aromatic nitrogens is 4. The zero-order valence-corrected chi connectivity index (χ0v) is 8.91. The predicted octanol–water partition coefficient (Wildman–Crippen LogP) is 0.661. The third-order valence-electron chi connectivity index (χ3n) is 3.91. The molecule has 0 spiro atoms. The van der Waals surface area contributed by atoms with E-state index in [0.717, 1.165) is 18.2 Å². The quantitative estimate of drug-likeness (QED) is 0.812. The number of hydrogen-bond acceptors (Lipinski definition) is 4. The highest BCUT2D eigenvalue weighted by atomic mass is 16.4. The minimum atomic E-state index is -0.892. The summed E-state index contributed by atoms with van der Waals surface area (Å²) in [4.78, 5) is 10.7. The van der Waals surface area contributed by atoms with E-state index in [2.05, 4.69) is 15.5 Å². The summed E-state index contributed by atoms with van der Waals surface area (Å²) in [5.41, 5.74) is 0. The van der Waals surface area contributed by atoms with Gasteiger partial charge in [0.15, 0.2) is 5.82 Å². The molecule has 1 aromatic rings. The van der Waals surface area contributed by atoms with Gasteiger partial charge in [0, 0.05) is 5.92 Å². The Hall–Kier alpha value is -1.46. The molecule has 6 heteroatoms. The number of nitrogens with zero attached hydrogens (tertiary/aromatic N) is 4. The Labute approximate surface area is 92.6 Å². The van der Waals surface area contributed by atoms with Crippen LogP contribution in [-0.2, 0) is 11.3 Å². The van der Waals surface area contributed by atoms with E-state index >= 15 is 0 Å². The summed E-state index contributed by atoms with van der Waals surface area (Å²) in [5, 5.41) is 20.1. The first kappa shape index (κ1) is 9.74. The smallest absolute Gasteiger partial charge is 0.325 e. The van der Waals surface area contributed by atoms with Gasteiger partial charge in [-0.25, -0.2) is 4.68 Å². The van der Waals surface area contributed by atoms with Crippen LogP contribution in [0.3, 0.4) is 0 Å². The number of aliphatic carboxylic acids is 1. The van der Waals surface area contributed by atoms with Crippen molar-refractivity contribution in [3.63, 3.8) is 0 Å². The molecule has 3 unspecified atom stereocenters. The Bertz CT molecular complexity index is 417. The van der Waals surface area contributed by atoms with Gasteiger partial charge in [-0.2, -0.15) is 0 Å². The molecule has 2 fully saturated rings. The molecule has 1 aromatic heterocycles. The molecule has 2 aliphatic carbocycles. The van der Waals surface area contributed by atoms with Crippen molar-refractivity contribution in [2.75, 3.05) is 0 Å². The lowest BCUT2D eigenvalue weighted by molar-refractivity contribution is -0.138. The monoisotopic (exact) mass is 222 g/mol. The van der Waals surface area contributed by atoms with Crippen LogP contribution in [-0.4, -0.2) is 31.3 Å². The van der Waals surface area contributed by atoms with Gasteiger partial charge in [-0.15, -0.1) is 5.10 Å². The fraction of sp³-hybridized carbons (Fsp3) is 0.800. The molecule has 3 rings (SSSR count). The van der Waals surface area contributed by atoms with E-state index in [1.807, 2.05) is 0 Å². The van der Waals surface area contributed by atoms with Crippen LogP contribution in [0.25, 0.3) is 0 Å². The fourth-order valence-electron chi connectivity index (χ4n) is 3.28. The highest BCUT2D eigenvalue weighted by Gasteiger charge is 2.42. The van der Waals surface area contributed by atoms with Crippen molar-refractivity contribution in [2.24, 2.45) is 11.8 Å². The maximum Gasteiger partial charge on any atom is 0.325 e. The summed E-state index contributed by atoms with van der Waals surface area (Å²) in [7, 11) is 0. The van der Waals surface area contributed by atoms with E-state index in [-0.39, 0.29) is 6.54 Å². The lowest BCUT2D eigenvalue weighted by Crippen LogP contribution is -2.19. The zero-order valence-electron chi connectivity index (χ0n) is 8.91. The molecule has 3 atom stereocenters. The van der Waals surface area contributed by atoms with Crippen LogP contribution in [0.15, 0.2) is 0 Å². The van der Waals surface area contributed by atoms with E-state index in [4.69, 9.17) is 5.11 Å². The Morgan fingerprint density at radius 1 is 1.44 bits per heavy atom. The second-order valence-electron chi connectivity index (χ2n) is 4.87. The van der Waals surface area contributed by atoms with Crippen LogP contribution in [0.5, 0.6) is 0 Å². The third-order valence-corrected chi connectivity index (χ3v) is 3.91. The van der Waals surface area contributed by atoms with Crippen molar-refractivity contribution in [3.05, 3.63) is 5.82 Å². The van der Waals surface area contributed by atoms with E-state index < -0.39 is 5.97 Å². The van der Waals surface area contributed by atoms with Gasteiger partial charge < -0.3 is 5.11 Å². The minimum Gasteiger partial charge on any atom is -0.480 e. The zero-order chi connectivity index (χ0) is 11.1. The van der Waals surface area contributed by atoms with E-state index in [9.17, 15) is 4.79 Å². The molecule has 16 heavy (non-hydrogen) atoms. The third kappa shape index (κ3) is 1.48. The van der Waals surface area contributed by atoms with Crippen LogP contribution in [0, 0.1) is 11.8 Å². The number of carboxylic acid groups (broad SMARTS) is 1. The Kier molecular flexibility index (Phi) is 2.15. The molecule has 6 nitrogen and oxygen atoms in total. The summed E-state index contributed by atoms with van der Waals surface area (Å²) in [6, 6.07) is 0. The number of carbonyl (C=O) groups is 1. The second-order valence-corrected chi connectivity index (χ2v) is 4.87. The lowest BCUT2D eigenvalue weighted by Gasteiger charge is -2.19. The van der Waals surface area contributed by atoms with Crippen LogP contribution >= 0.6 is 0 Å². The van der Waals surface area contributed by atoms with Gasteiger partial charge >= 0.3 is 5.97 Å². The van der Waals surface area contributed by atoms with E-state index in [1.54, 1.807) is 0 Å². The minimum absolute atomic E-state index is 0.129. The second kappa shape index (κ2) is 3.54. The van der Waals surface area contributed by atoms with Gasteiger partial charge in [-0.05, 0) is 41.5 Å². The largest absolute Gasteiger partial charge is 0.480 e. The molecule has 2 saturated carbocycles.